The monoisotopic (exact) mass is 696 g/mol. The van der Waals surface area contributed by atoms with Crippen molar-refractivity contribution in [3.63, 3.8) is 0 Å². The number of ketones is 2. The van der Waals surface area contributed by atoms with Crippen LogP contribution >= 0.6 is 46.4 Å². The molecular formula is C32H24Cl4N6O4. The molecule has 0 saturated heterocycles. The number of carbonyl (C=O) groups excluding carboxylic acids is 4. The normalized spacial score (nSPS) is 11.4. The summed E-state index contributed by atoms with van der Waals surface area (Å²) in [7, 11) is 0. The number of para-hydroxylation sites is 2. The number of hydrogen-bond donors (Lipinski definition) is 4. The van der Waals surface area contributed by atoms with Crippen molar-refractivity contribution in [1.82, 2.24) is 0 Å². The summed E-state index contributed by atoms with van der Waals surface area (Å²) >= 11 is 25.1. The Balaban J connectivity index is 1.47. The molecule has 4 aromatic carbocycles. The lowest BCUT2D eigenvalue weighted by Crippen LogP contribution is -2.29. The Hall–Kier alpha value is -4.74. The first-order chi connectivity index (χ1) is 21.9. The van der Waals surface area contributed by atoms with Crippen LogP contribution in [-0.2, 0) is 19.2 Å². The van der Waals surface area contributed by atoms with Crippen molar-refractivity contribution >= 4 is 104 Å². The number of amides is 2. The van der Waals surface area contributed by atoms with Crippen LogP contribution < -0.4 is 21.5 Å². The quantitative estimate of drug-likeness (QED) is 0.0712. The first-order valence-electron chi connectivity index (χ1n) is 13.3. The molecule has 10 nitrogen and oxygen atoms in total. The molecule has 0 aliphatic carbocycles. The predicted octanol–water partition coefficient (Wildman–Crippen LogP) is 7.96. The smallest absolute Gasteiger partial charge is 0.279 e. The van der Waals surface area contributed by atoms with E-state index in [0.717, 1.165) is 0 Å². The molecule has 0 aliphatic heterocycles. The summed E-state index contributed by atoms with van der Waals surface area (Å²) in [5.74, 6) is -2.64. The van der Waals surface area contributed by atoms with E-state index in [2.05, 4.69) is 31.7 Å². The largest absolute Gasteiger partial charge is 0.319 e. The second-order valence-electron chi connectivity index (χ2n) is 9.51. The molecule has 0 radical (unpaired) electrons. The van der Waals surface area contributed by atoms with E-state index in [-0.39, 0.29) is 21.5 Å². The van der Waals surface area contributed by atoms with Crippen LogP contribution in [0.5, 0.6) is 0 Å². The molecule has 4 rings (SSSR count). The molecule has 0 aliphatic rings. The van der Waals surface area contributed by atoms with Gasteiger partial charge in [-0.2, -0.15) is 10.2 Å². The Morgan fingerprint density at radius 1 is 0.500 bits per heavy atom. The molecule has 0 saturated carbocycles. The Morgan fingerprint density at radius 2 is 0.870 bits per heavy atom. The summed E-state index contributed by atoms with van der Waals surface area (Å²) in [6.45, 7) is 2.42. The molecule has 4 N–H and O–H groups in total. The van der Waals surface area contributed by atoms with Crippen LogP contribution in [0.25, 0.3) is 11.1 Å². The molecule has 14 heteroatoms. The third-order valence-electron chi connectivity index (χ3n) is 6.19. The zero-order chi connectivity index (χ0) is 33.4. The third kappa shape index (κ3) is 8.70. The molecular weight excluding hydrogens is 674 g/mol. The van der Waals surface area contributed by atoms with Gasteiger partial charge in [-0.25, -0.2) is 0 Å². The van der Waals surface area contributed by atoms with Crippen LogP contribution in [0.4, 0.5) is 22.7 Å². The summed E-state index contributed by atoms with van der Waals surface area (Å²) in [5, 5.41) is 14.2. The number of hydrazone groups is 2. The fourth-order valence-corrected chi connectivity index (χ4v) is 4.68. The summed E-state index contributed by atoms with van der Waals surface area (Å²) in [6, 6.07) is 23.1. The molecule has 0 atom stereocenters. The molecule has 2 amide bonds. The number of hydrogen-bond acceptors (Lipinski definition) is 8. The summed E-state index contributed by atoms with van der Waals surface area (Å²) in [4.78, 5) is 49.6. The lowest BCUT2D eigenvalue weighted by atomic mass is 10.0. The number of rotatable bonds is 11. The van der Waals surface area contributed by atoms with Gasteiger partial charge in [0.25, 0.3) is 11.8 Å². The Morgan fingerprint density at radius 3 is 1.20 bits per heavy atom. The van der Waals surface area contributed by atoms with Gasteiger partial charge < -0.3 is 10.6 Å². The molecule has 46 heavy (non-hydrogen) atoms. The van der Waals surface area contributed by atoms with Gasteiger partial charge in [0.05, 0.1) is 42.8 Å². The number of halogens is 4. The summed E-state index contributed by atoms with van der Waals surface area (Å²) < 4.78 is 0. The van der Waals surface area contributed by atoms with Crippen molar-refractivity contribution in [2.24, 2.45) is 10.2 Å². The van der Waals surface area contributed by atoms with Gasteiger partial charge in [0.1, 0.15) is 0 Å². The van der Waals surface area contributed by atoms with Gasteiger partial charge in [-0.1, -0.05) is 82.8 Å². The number of carbonyl (C=O) groups is 4. The standard InChI is InChI=1S/C32H24Cl4N6O4/c1-17(43)29(31(45)37-25-9-5-3-7-21(25)33)41-39-27-13-11-19(15-23(27)35)20-12-14-28(24(36)16-20)40-42-30(18(2)44)32(46)38-26-10-6-4-8-22(26)34/h3-16,39-40H,1-2H3,(H,37,45)(H,38,46)/b41-29-,42-30+. The maximum absolute atomic E-state index is 12.7. The Kier molecular flexibility index (Phi) is 11.5. The molecule has 234 valence electrons. The highest BCUT2D eigenvalue weighted by molar-refractivity contribution is 6.68. The molecule has 0 aromatic heterocycles. The van der Waals surface area contributed by atoms with Gasteiger partial charge in [0.15, 0.2) is 23.0 Å². The van der Waals surface area contributed by atoms with E-state index in [0.29, 0.717) is 43.9 Å². The molecule has 0 bridgehead atoms. The molecule has 0 fully saturated rings. The first kappa shape index (κ1) is 34.1. The second-order valence-corrected chi connectivity index (χ2v) is 11.1. The van der Waals surface area contributed by atoms with Gasteiger partial charge >= 0.3 is 0 Å². The van der Waals surface area contributed by atoms with Gasteiger partial charge in [-0.3, -0.25) is 30.0 Å². The van der Waals surface area contributed by atoms with Crippen molar-refractivity contribution < 1.29 is 19.2 Å². The van der Waals surface area contributed by atoms with Gasteiger partial charge in [0.2, 0.25) is 0 Å². The number of Topliss-reactive ketones (excluding diaryl/α,β-unsaturated/α-hetero) is 2. The average molecular weight is 698 g/mol. The lowest BCUT2D eigenvalue weighted by Gasteiger charge is -2.11. The van der Waals surface area contributed by atoms with Crippen LogP contribution in [0.1, 0.15) is 13.8 Å². The second kappa shape index (κ2) is 15.5. The number of anilines is 4. The van der Waals surface area contributed by atoms with Gasteiger partial charge in [-0.05, 0) is 59.7 Å². The fraction of sp³-hybridized carbons (Fsp3) is 0.0625. The minimum atomic E-state index is -0.745. The van der Waals surface area contributed by atoms with Crippen molar-refractivity contribution in [3.05, 3.63) is 105 Å². The van der Waals surface area contributed by atoms with Crippen LogP contribution in [0.2, 0.25) is 20.1 Å². The van der Waals surface area contributed by atoms with Crippen molar-refractivity contribution in [2.75, 3.05) is 21.5 Å². The fourth-order valence-electron chi connectivity index (χ4n) is 3.87. The van der Waals surface area contributed by atoms with Crippen LogP contribution in [0.3, 0.4) is 0 Å². The van der Waals surface area contributed by atoms with E-state index in [4.69, 9.17) is 46.4 Å². The molecule has 0 unspecified atom stereocenters. The van der Waals surface area contributed by atoms with E-state index in [1.54, 1.807) is 84.9 Å². The highest BCUT2D eigenvalue weighted by atomic mass is 35.5. The van der Waals surface area contributed by atoms with Crippen molar-refractivity contribution in [2.45, 2.75) is 13.8 Å². The molecule has 0 spiro atoms. The van der Waals surface area contributed by atoms with Crippen LogP contribution in [0.15, 0.2) is 95.1 Å². The first-order valence-corrected chi connectivity index (χ1v) is 14.9. The molecule has 0 heterocycles. The van der Waals surface area contributed by atoms with Gasteiger partial charge in [-0.15, -0.1) is 0 Å². The van der Waals surface area contributed by atoms with E-state index < -0.39 is 23.4 Å². The Labute approximate surface area is 283 Å². The third-order valence-corrected chi connectivity index (χ3v) is 7.47. The maximum Gasteiger partial charge on any atom is 0.279 e. The summed E-state index contributed by atoms with van der Waals surface area (Å²) in [5.41, 5.74) is 7.25. The average Bonchev–Trinajstić information content (AvgIpc) is 3.00. The highest BCUT2D eigenvalue weighted by Crippen LogP contribution is 2.33. The van der Waals surface area contributed by atoms with Gasteiger partial charge in [0, 0.05) is 13.8 Å². The Bertz CT molecular complexity index is 1770. The number of nitrogens with one attached hydrogen (secondary N) is 4. The van der Waals surface area contributed by atoms with E-state index in [9.17, 15) is 19.2 Å². The van der Waals surface area contributed by atoms with E-state index >= 15 is 0 Å². The lowest BCUT2D eigenvalue weighted by molar-refractivity contribution is -0.116. The van der Waals surface area contributed by atoms with Crippen molar-refractivity contribution in [1.29, 1.82) is 0 Å². The van der Waals surface area contributed by atoms with E-state index in [1.807, 2.05) is 0 Å². The summed E-state index contributed by atoms with van der Waals surface area (Å²) in [6.07, 6.45) is 0. The zero-order valence-corrected chi connectivity index (χ0v) is 27.1. The highest BCUT2D eigenvalue weighted by Gasteiger charge is 2.20. The predicted molar refractivity (Wildman–Crippen MR) is 186 cm³/mol. The number of nitrogens with zero attached hydrogens (tertiary/aromatic N) is 2. The van der Waals surface area contributed by atoms with Crippen LogP contribution in [0, 0.1) is 0 Å². The molecule has 4 aromatic rings. The number of benzene rings is 4. The maximum atomic E-state index is 12.7. The minimum Gasteiger partial charge on any atom is -0.319 e. The van der Waals surface area contributed by atoms with Crippen molar-refractivity contribution in [3.8, 4) is 11.1 Å². The zero-order valence-electron chi connectivity index (χ0n) is 24.1. The minimum absolute atomic E-state index is 0.245. The van der Waals surface area contributed by atoms with E-state index in [1.165, 1.54) is 13.8 Å². The topological polar surface area (TPSA) is 141 Å². The SMILES string of the molecule is CC(=O)/C(=N/Nc1ccc(-c2ccc(N/N=C(\C(C)=O)C(=O)Nc3ccccc3Cl)c(Cl)c2)cc1Cl)C(=O)Nc1ccccc1Cl. The van der Waals surface area contributed by atoms with Crippen LogP contribution in [-0.4, -0.2) is 34.8 Å².